The Labute approximate surface area is 147 Å². The van der Waals surface area contributed by atoms with Crippen molar-refractivity contribution in [3.05, 3.63) is 71.4 Å². The van der Waals surface area contributed by atoms with Crippen molar-refractivity contribution in [2.24, 2.45) is 0 Å². The van der Waals surface area contributed by atoms with Gasteiger partial charge in [-0.25, -0.2) is 4.68 Å². The van der Waals surface area contributed by atoms with Gasteiger partial charge < -0.3 is 10.1 Å². The van der Waals surface area contributed by atoms with E-state index in [0.717, 1.165) is 22.7 Å². The van der Waals surface area contributed by atoms with Crippen LogP contribution in [0.3, 0.4) is 0 Å². The Kier molecular flexibility index (Phi) is 4.84. The van der Waals surface area contributed by atoms with E-state index >= 15 is 0 Å². The SMILES string of the molecule is COc1cccc(CC(=O)Nc2cc(C)nn2-c2ccc(C)cc2)c1. The van der Waals surface area contributed by atoms with Crippen molar-refractivity contribution >= 4 is 11.7 Å². The van der Waals surface area contributed by atoms with Crippen molar-refractivity contribution in [2.75, 3.05) is 12.4 Å². The second-order valence-corrected chi connectivity index (χ2v) is 5.99. The molecule has 0 saturated heterocycles. The smallest absolute Gasteiger partial charge is 0.229 e. The van der Waals surface area contributed by atoms with Crippen LogP contribution >= 0.6 is 0 Å². The van der Waals surface area contributed by atoms with Crippen molar-refractivity contribution < 1.29 is 9.53 Å². The van der Waals surface area contributed by atoms with Gasteiger partial charge in [0.15, 0.2) is 0 Å². The van der Waals surface area contributed by atoms with Gasteiger partial charge in [-0.1, -0.05) is 29.8 Å². The van der Waals surface area contributed by atoms with E-state index in [1.807, 2.05) is 68.4 Å². The van der Waals surface area contributed by atoms with E-state index in [0.29, 0.717) is 5.82 Å². The normalized spacial score (nSPS) is 10.5. The lowest BCUT2D eigenvalue weighted by Gasteiger charge is -2.10. The van der Waals surface area contributed by atoms with Gasteiger partial charge in [-0.2, -0.15) is 5.10 Å². The highest BCUT2D eigenvalue weighted by atomic mass is 16.5. The Morgan fingerprint density at radius 3 is 2.60 bits per heavy atom. The first kappa shape index (κ1) is 16.8. The van der Waals surface area contributed by atoms with Crippen LogP contribution in [-0.4, -0.2) is 22.8 Å². The minimum Gasteiger partial charge on any atom is -0.497 e. The molecule has 3 aromatic rings. The Morgan fingerprint density at radius 2 is 1.88 bits per heavy atom. The molecule has 1 N–H and O–H groups in total. The number of benzene rings is 2. The summed E-state index contributed by atoms with van der Waals surface area (Å²) in [6.45, 7) is 3.94. The fraction of sp³-hybridized carbons (Fsp3) is 0.200. The maximum absolute atomic E-state index is 12.4. The van der Waals surface area contributed by atoms with Crippen molar-refractivity contribution in [1.29, 1.82) is 0 Å². The van der Waals surface area contributed by atoms with E-state index in [-0.39, 0.29) is 12.3 Å². The zero-order chi connectivity index (χ0) is 17.8. The van der Waals surface area contributed by atoms with Crippen molar-refractivity contribution in [2.45, 2.75) is 20.3 Å². The second-order valence-electron chi connectivity index (χ2n) is 5.99. The number of amides is 1. The molecule has 2 aromatic carbocycles. The van der Waals surface area contributed by atoms with Crippen molar-refractivity contribution in [3.63, 3.8) is 0 Å². The molecule has 1 amide bonds. The third-order valence-corrected chi connectivity index (χ3v) is 3.88. The van der Waals surface area contributed by atoms with E-state index in [9.17, 15) is 4.79 Å². The lowest BCUT2D eigenvalue weighted by molar-refractivity contribution is -0.115. The van der Waals surface area contributed by atoms with E-state index in [1.165, 1.54) is 5.56 Å². The molecule has 0 aliphatic heterocycles. The molecule has 3 rings (SSSR count). The molecule has 0 radical (unpaired) electrons. The number of nitrogens with zero attached hydrogens (tertiary/aromatic N) is 2. The number of methoxy groups -OCH3 is 1. The Bertz CT molecular complexity index is 882. The third-order valence-electron chi connectivity index (χ3n) is 3.88. The highest BCUT2D eigenvalue weighted by Crippen LogP contribution is 2.19. The highest BCUT2D eigenvalue weighted by molar-refractivity contribution is 5.91. The summed E-state index contributed by atoms with van der Waals surface area (Å²) in [5, 5.41) is 7.43. The van der Waals surface area contributed by atoms with Gasteiger partial charge in [0, 0.05) is 6.07 Å². The molecular formula is C20H21N3O2. The Balaban J connectivity index is 1.78. The van der Waals surface area contributed by atoms with Gasteiger partial charge in [-0.15, -0.1) is 0 Å². The van der Waals surface area contributed by atoms with Gasteiger partial charge in [0.25, 0.3) is 0 Å². The molecule has 5 nitrogen and oxygen atoms in total. The van der Waals surface area contributed by atoms with Crippen LogP contribution in [0.5, 0.6) is 5.75 Å². The van der Waals surface area contributed by atoms with Gasteiger partial charge in [0.2, 0.25) is 5.91 Å². The van der Waals surface area contributed by atoms with Gasteiger partial charge in [-0.3, -0.25) is 4.79 Å². The van der Waals surface area contributed by atoms with Gasteiger partial charge in [-0.05, 0) is 43.7 Å². The number of hydrogen-bond donors (Lipinski definition) is 1. The average molecular weight is 335 g/mol. The van der Waals surface area contributed by atoms with Crippen LogP contribution in [0.1, 0.15) is 16.8 Å². The monoisotopic (exact) mass is 335 g/mol. The van der Waals surface area contributed by atoms with Crippen LogP contribution in [0, 0.1) is 13.8 Å². The molecule has 1 heterocycles. The highest BCUT2D eigenvalue weighted by Gasteiger charge is 2.12. The van der Waals surface area contributed by atoms with Gasteiger partial charge in [0.1, 0.15) is 11.6 Å². The molecule has 0 unspecified atom stereocenters. The van der Waals surface area contributed by atoms with Crippen LogP contribution in [0.25, 0.3) is 5.69 Å². The van der Waals surface area contributed by atoms with Crippen LogP contribution in [0.2, 0.25) is 0 Å². The molecular weight excluding hydrogens is 314 g/mol. The first-order valence-corrected chi connectivity index (χ1v) is 8.11. The number of nitrogens with one attached hydrogen (secondary N) is 1. The molecule has 0 bridgehead atoms. The van der Waals surface area contributed by atoms with Crippen LogP contribution < -0.4 is 10.1 Å². The molecule has 1 aromatic heterocycles. The summed E-state index contributed by atoms with van der Waals surface area (Å²) in [5.74, 6) is 1.31. The van der Waals surface area contributed by atoms with Crippen LogP contribution in [0.15, 0.2) is 54.6 Å². The topological polar surface area (TPSA) is 56.1 Å². The summed E-state index contributed by atoms with van der Waals surface area (Å²) in [5.41, 5.74) is 3.83. The lowest BCUT2D eigenvalue weighted by Crippen LogP contribution is -2.17. The molecule has 0 spiro atoms. The van der Waals surface area contributed by atoms with Gasteiger partial charge in [0.05, 0.1) is 24.9 Å². The minimum absolute atomic E-state index is 0.0958. The standard InChI is InChI=1S/C20H21N3O2/c1-14-7-9-17(10-8-14)23-19(11-15(2)22-23)21-20(24)13-16-5-4-6-18(12-16)25-3/h4-12H,13H2,1-3H3,(H,21,24). The predicted octanol–water partition coefficient (Wildman–Crippen LogP) is 3.68. The summed E-state index contributed by atoms with van der Waals surface area (Å²) < 4.78 is 6.95. The molecule has 0 aliphatic rings. The lowest BCUT2D eigenvalue weighted by atomic mass is 10.1. The number of ether oxygens (including phenoxy) is 1. The molecule has 5 heteroatoms. The molecule has 25 heavy (non-hydrogen) atoms. The summed E-state index contributed by atoms with van der Waals surface area (Å²) in [4.78, 5) is 12.4. The summed E-state index contributed by atoms with van der Waals surface area (Å²) in [6.07, 6.45) is 0.273. The van der Waals surface area contributed by atoms with E-state index in [1.54, 1.807) is 11.8 Å². The summed E-state index contributed by atoms with van der Waals surface area (Å²) >= 11 is 0. The number of aromatic nitrogens is 2. The zero-order valence-corrected chi connectivity index (χ0v) is 14.6. The third kappa shape index (κ3) is 4.07. The summed E-state index contributed by atoms with van der Waals surface area (Å²) in [7, 11) is 1.61. The Hall–Kier alpha value is -3.08. The second kappa shape index (κ2) is 7.21. The predicted molar refractivity (Wildman–Crippen MR) is 98.4 cm³/mol. The van der Waals surface area contributed by atoms with E-state index < -0.39 is 0 Å². The molecule has 0 aliphatic carbocycles. The van der Waals surface area contributed by atoms with Crippen LogP contribution in [-0.2, 0) is 11.2 Å². The fourth-order valence-electron chi connectivity index (χ4n) is 2.63. The number of rotatable bonds is 5. The fourth-order valence-corrected chi connectivity index (χ4v) is 2.63. The molecule has 0 fully saturated rings. The molecule has 128 valence electrons. The molecule has 0 saturated carbocycles. The van der Waals surface area contributed by atoms with Crippen molar-refractivity contribution in [1.82, 2.24) is 9.78 Å². The quantitative estimate of drug-likeness (QED) is 0.774. The maximum Gasteiger partial charge on any atom is 0.229 e. The zero-order valence-electron chi connectivity index (χ0n) is 14.6. The molecule has 0 atom stereocenters. The summed E-state index contributed by atoms with van der Waals surface area (Å²) in [6, 6.07) is 17.4. The number of carbonyl (C=O) groups is 1. The van der Waals surface area contributed by atoms with E-state index in [2.05, 4.69) is 10.4 Å². The van der Waals surface area contributed by atoms with Gasteiger partial charge >= 0.3 is 0 Å². The minimum atomic E-state index is -0.0958. The first-order chi connectivity index (χ1) is 12.0. The number of carbonyl (C=O) groups excluding carboxylic acids is 1. The average Bonchev–Trinajstić information content (AvgIpc) is 2.95. The number of hydrogen-bond acceptors (Lipinski definition) is 3. The number of aryl methyl sites for hydroxylation is 2. The largest absolute Gasteiger partial charge is 0.497 e. The first-order valence-electron chi connectivity index (χ1n) is 8.11. The number of anilines is 1. The van der Waals surface area contributed by atoms with Crippen molar-refractivity contribution in [3.8, 4) is 11.4 Å². The van der Waals surface area contributed by atoms with Crippen LogP contribution in [0.4, 0.5) is 5.82 Å². The van der Waals surface area contributed by atoms with E-state index in [4.69, 9.17) is 4.74 Å². The maximum atomic E-state index is 12.4. The Morgan fingerprint density at radius 1 is 1.12 bits per heavy atom.